The van der Waals surface area contributed by atoms with Crippen LogP contribution in [-0.2, 0) is 14.2 Å². The van der Waals surface area contributed by atoms with Gasteiger partial charge in [0.1, 0.15) is 12.2 Å². The normalized spacial score (nSPS) is 30.1. The summed E-state index contributed by atoms with van der Waals surface area (Å²) < 4.78 is 17.1. The van der Waals surface area contributed by atoms with E-state index in [0.717, 1.165) is 5.69 Å². The van der Waals surface area contributed by atoms with E-state index in [4.69, 9.17) is 19.2 Å². The van der Waals surface area contributed by atoms with Crippen molar-refractivity contribution in [2.45, 2.75) is 56.0 Å². The Morgan fingerprint density at radius 2 is 2.11 bits per heavy atom. The predicted molar refractivity (Wildman–Crippen MR) is 98.6 cm³/mol. The van der Waals surface area contributed by atoms with Gasteiger partial charge in [0, 0.05) is 24.4 Å². The second-order valence-electron chi connectivity index (χ2n) is 7.25. The van der Waals surface area contributed by atoms with Crippen molar-refractivity contribution in [1.82, 2.24) is 15.3 Å². The second kappa shape index (κ2) is 8.22. The third-order valence-electron chi connectivity index (χ3n) is 5.42. The van der Waals surface area contributed by atoms with E-state index in [1.54, 1.807) is 6.08 Å². The maximum absolute atomic E-state index is 11.8. The van der Waals surface area contributed by atoms with Gasteiger partial charge in [-0.15, -0.1) is 6.58 Å². The molecule has 3 heterocycles. The quantitative estimate of drug-likeness (QED) is 0.735. The number of fused-ring (bicyclic) bond motifs is 1. The third-order valence-corrected chi connectivity index (χ3v) is 5.42. The highest BCUT2D eigenvalue weighted by molar-refractivity contribution is 5.67. The number of hydrogen-bond donors (Lipinski definition) is 2. The number of ether oxygens (including phenoxy) is 3. The van der Waals surface area contributed by atoms with E-state index in [9.17, 15) is 4.79 Å². The largest absolute Gasteiger partial charge is 0.441 e. The average molecular weight is 374 g/mol. The molecular formula is C19H26N4O4. The Bertz CT molecular complexity index is 679. The fraction of sp³-hybridized carbons (Fsp3) is 0.632. The molecule has 0 aromatic carbocycles. The van der Waals surface area contributed by atoms with Gasteiger partial charge in [-0.2, -0.15) is 0 Å². The summed E-state index contributed by atoms with van der Waals surface area (Å²) in [6, 6.07) is 1.94. The van der Waals surface area contributed by atoms with Crippen LogP contribution in [-0.4, -0.2) is 60.2 Å². The molecule has 3 fully saturated rings. The minimum Gasteiger partial charge on any atom is -0.441 e. The highest BCUT2D eigenvalue weighted by Gasteiger charge is 2.49. The molecule has 2 N–H and O–H groups in total. The van der Waals surface area contributed by atoms with Crippen molar-refractivity contribution in [3.63, 3.8) is 0 Å². The summed E-state index contributed by atoms with van der Waals surface area (Å²) in [5.41, 5.74) is 1.10. The molecule has 1 saturated carbocycles. The number of amides is 1. The number of nitrogens with one attached hydrogen (secondary N) is 2. The van der Waals surface area contributed by atoms with E-state index in [2.05, 4.69) is 22.2 Å². The zero-order valence-corrected chi connectivity index (χ0v) is 15.3. The Hall–Kier alpha value is -2.19. The number of carbonyl (C=O) groups excluding carboxylic acids is 1. The van der Waals surface area contributed by atoms with Gasteiger partial charge >= 0.3 is 6.09 Å². The van der Waals surface area contributed by atoms with Crippen LogP contribution in [0.1, 0.15) is 37.3 Å². The first kappa shape index (κ1) is 18.2. The predicted octanol–water partition coefficient (Wildman–Crippen LogP) is 1.99. The fourth-order valence-electron chi connectivity index (χ4n) is 4.08. The summed E-state index contributed by atoms with van der Waals surface area (Å²) in [6.07, 6.45) is 6.96. The van der Waals surface area contributed by atoms with Gasteiger partial charge in [-0.25, -0.2) is 14.8 Å². The van der Waals surface area contributed by atoms with Crippen LogP contribution in [0.15, 0.2) is 24.9 Å². The van der Waals surface area contributed by atoms with E-state index >= 15 is 0 Å². The molecule has 4 rings (SSSR count). The zero-order valence-electron chi connectivity index (χ0n) is 15.3. The zero-order chi connectivity index (χ0) is 18.6. The van der Waals surface area contributed by atoms with Crippen molar-refractivity contribution in [3.8, 4) is 0 Å². The molecule has 2 aliphatic heterocycles. The lowest BCUT2D eigenvalue weighted by molar-refractivity contribution is 0.00475. The van der Waals surface area contributed by atoms with Crippen LogP contribution in [0.25, 0.3) is 0 Å². The summed E-state index contributed by atoms with van der Waals surface area (Å²) in [4.78, 5) is 20.8. The Morgan fingerprint density at radius 3 is 2.93 bits per heavy atom. The van der Waals surface area contributed by atoms with Crippen LogP contribution in [0.2, 0.25) is 0 Å². The molecule has 0 bridgehead atoms. The molecule has 8 heteroatoms. The van der Waals surface area contributed by atoms with Gasteiger partial charge in [0.15, 0.2) is 6.10 Å². The molecule has 1 aromatic rings. The summed E-state index contributed by atoms with van der Waals surface area (Å²) >= 11 is 0. The lowest BCUT2D eigenvalue weighted by atomic mass is 10.0. The lowest BCUT2D eigenvalue weighted by Crippen LogP contribution is -2.39. The standard InChI is InChI=1S/C19H26N4O4/c1-2-8-21-19(24)27-15-11-26-16-14(10-25-17(15)16)23-18-20-9-7-13(22-18)12-5-3-4-6-12/h2,7,9,12,14-17H,1,3-6,8,10-11H2,(H,21,24)(H,20,22,23). The number of hydrogen-bond acceptors (Lipinski definition) is 7. The van der Waals surface area contributed by atoms with Gasteiger partial charge in [0.05, 0.1) is 19.3 Å². The first-order valence-corrected chi connectivity index (χ1v) is 9.62. The Labute approximate surface area is 158 Å². The fourth-order valence-corrected chi connectivity index (χ4v) is 4.08. The Morgan fingerprint density at radius 1 is 1.30 bits per heavy atom. The summed E-state index contributed by atoms with van der Waals surface area (Å²) in [6.45, 7) is 4.70. The lowest BCUT2D eigenvalue weighted by Gasteiger charge is -2.18. The van der Waals surface area contributed by atoms with Crippen LogP contribution >= 0.6 is 0 Å². The molecule has 1 aromatic heterocycles. The van der Waals surface area contributed by atoms with Gasteiger partial charge in [0.2, 0.25) is 5.95 Å². The highest BCUT2D eigenvalue weighted by atomic mass is 16.6. The summed E-state index contributed by atoms with van der Waals surface area (Å²) in [7, 11) is 0. The van der Waals surface area contributed by atoms with Crippen LogP contribution in [0.4, 0.5) is 10.7 Å². The molecule has 4 atom stereocenters. The van der Waals surface area contributed by atoms with E-state index in [-0.39, 0.29) is 18.2 Å². The molecule has 1 amide bonds. The molecule has 3 aliphatic rings. The first-order valence-electron chi connectivity index (χ1n) is 9.62. The monoisotopic (exact) mass is 374 g/mol. The van der Waals surface area contributed by atoms with Crippen molar-refractivity contribution in [3.05, 3.63) is 30.6 Å². The SMILES string of the molecule is C=CCNC(=O)OC1COC2C(Nc3nccc(C4CCCC4)n3)COC12. The second-order valence-corrected chi connectivity index (χ2v) is 7.25. The molecule has 27 heavy (non-hydrogen) atoms. The smallest absolute Gasteiger partial charge is 0.407 e. The van der Waals surface area contributed by atoms with Crippen molar-refractivity contribution in [2.75, 3.05) is 25.1 Å². The number of carbonyl (C=O) groups is 1. The molecule has 0 spiro atoms. The van der Waals surface area contributed by atoms with Crippen LogP contribution in [0.5, 0.6) is 0 Å². The Kier molecular flexibility index (Phi) is 5.54. The van der Waals surface area contributed by atoms with E-state index < -0.39 is 12.2 Å². The van der Waals surface area contributed by atoms with Crippen molar-refractivity contribution < 1.29 is 19.0 Å². The molecule has 1 aliphatic carbocycles. The molecule has 146 valence electrons. The van der Waals surface area contributed by atoms with Gasteiger partial charge in [-0.3, -0.25) is 0 Å². The van der Waals surface area contributed by atoms with Crippen molar-refractivity contribution >= 4 is 12.0 Å². The maximum atomic E-state index is 11.8. The number of nitrogens with zero attached hydrogens (tertiary/aromatic N) is 2. The Balaban J connectivity index is 1.34. The highest BCUT2D eigenvalue weighted by Crippen LogP contribution is 2.34. The molecular weight excluding hydrogens is 348 g/mol. The minimum absolute atomic E-state index is 0.0707. The van der Waals surface area contributed by atoms with E-state index in [1.807, 2.05) is 12.3 Å². The number of alkyl carbamates (subject to hydrolysis) is 1. The van der Waals surface area contributed by atoms with Gasteiger partial charge in [-0.05, 0) is 18.9 Å². The summed E-state index contributed by atoms with van der Waals surface area (Å²) in [5, 5.41) is 5.94. The summed E-state index contributed by atoms with van der Waals surface area (Å²) in [5.74, 6) is 1.14. The third kappa shape index (κ3) is 4.06. The van der Waals surface area contributed by atoms with Gasteiger partial charge in [0.25, 0.3) is 0 Å². The van der Waals surface area contributed by atoms with Gasteiger partial charge in [-0.1, -0.05) is 18.9 Å². The van der Waals surface area contributed by atoms with Crippen LogP contribution in [0, 0.1) is 0 Å². The van der Waals surface area contributed by atoms with Crippen LogP contribution < -0.4 is 10.6 Å². The number of anilines is 1. The van der Waals surface area contributed by atoms with E-state index in [1.165, 1.54) is 25.7 Å². The van der Waals surface area contributed by atoms with Gasteiger partial charge < -0.3 is 24.8 Å². The molecule has 2 saturated heterocycles. The average Bonchev–Trinajstić information content (AvgIpc) is 3.41. The maximum Gasteiger partial charge on any atom is 0.407 e. The van der Waals surface area contributed by atoms with Crippen LogP contribution in [0.3, 0.4) is 0 Å². The van der Waals surface area contributed by atoms with Crippen molar-refractivity contribution in [2.24, 2.45) is 0 Å². The minimum atomic E-state index is -0.489. The number of aromatic nitrogens is 2. The van der Waals surface area contributed by atoms with Crippen molar-refractivity contribution in [1.29, 1.82) is 0 Å². The topological polar surface area (TPSA) is 94.6 Å². The molecule has 8 nitrogen and oxygen atoms in total. The molecule has 4 unspecified atom stereocenters. The number of rotatable bonds is 6. The van der Waals surface area contributed by atoms with E-state index in [0.29, 0.717) is 31.6 Å². The molecule has 0 radical (unpaired) electrons. The first-order chi connectivity index (χ1) is 13.2.